The van der Waals surface area contributed by atoms with Crippen molar-refractivity contribution < 1.29 is 17.6 Å². The summed E-state index contributed by atoms with van der Waals surface area (Å²) in [6.45, 7) is 1.28. The van der Waals surface area contributed by atoms with E-state index in [1.807, 2.05) is 4.90 Å². The van der Waals surface area contributed by atoms with Crippen LogP contribution < -0.4 is 5.32 Å². The van der Waals surface area contributed by atoms with Crippen LogP contribution >= 0.6 is 0 Å². The summed E-state index contributed by atoms with van der Waals surface area (Å²) in [4.78, 5) is 14.5. The Labute approximate surface area is 159 Å². The lowest BCUT2D eigenvalue weighted by molar-refractivity contribution is 0.0718. The van der Waals surface area contributed by atoms with Crippen molar-refractivity contribution in [2.24, 2.45) is 0 Å². The Hall–Kier alpha value is -2.41. The Morgan fingerprint density at radius 2 is 1.67 bits per heavy atom. The smallest absolute Gasteiger partial charge is 0.253 e. The van der Waals surface area contributed by atoms with Gasteiger partial charge in [-0.1, -0.05) is 12.1 Å². The highest BCUT2D eigenvalue weighted by Crippen LogP contribution is 2.19. The zero-order valence-electron chi connectivity index (χ0n) is 15.2. The lowest BCUT2D eigenvalue weighted by Gasteiger charge is -2.33. The van der Waals surface area contributed by atoms with Crippen LogP contribution in [0.5, 0.6) is 0 Å². The number of carbonyl (C=O) groups excluding carboxylic acids is 1. The van der Waals surface area contributed by atoms with Gasteiger partial charge in [-0.25, -0.2) is 12.8 Å². The van der Waals surface area contributed by atoms with Gasteiger partial charge in [0.2, 0.25) is 0 Å². The maximum absolute atomic E-state index is 13.0. The SMILES string of the molecule is CS(=O)(=O)Cc1ccc(C(=O)N2CCC(Nc3ccc(F)cc3)CC2)cc1. The molecule has 3 rings (SSSR count). The Bertz CT molecular complexity index is 888. The van der Waals surface area contributed by atoms with Crippen LogP contribution in [-0.2, 0) is 15.6 Å². The number of anilines is 1. The second kappa shape index (κ2) is 8.08. The Kier molecular flexibility index (Phi) is 5.79. The van der Waals surface area contributed by atoms with E-state index in [4.69, 9.17) is 0 Å². The molecule has 7 heteroatoms. The number of hydrogen-bond donors (Lipinski definition) is 1. The van der Waals surface area contributed by atoms with Crippen molar-refractivity contribution in [3.05, 3.63) is 65.5 Å². The standard InChI is InChI=1S/C20H23FN2O3S/c1-27(25,26)14-15-2-4-16(5-3-15)20(24)23-12-10-19(11-13-23)22-18-8-6-17(21)7-9-18/h2-9,19,22H,10-14H2,1H3. The summed E-state index contributed by atoms with van der Waals surface area (Å²) in [5.41, 5.74) is 2.12. The number of hydrogen-bond acceptors (Lipinski definition) is 4. The van der Waals surface area contributed by atoms with Gasteiger partial charge in [-0.05, 0) is 54.8 Å². The van der Waals surface area contributed by atoms with E-state index in [1.165, 1.54) is 18.4 Å². The van der Waals surface area contributed by atoms with Crippen LogP contribution in [0.25, 0.3) is 0 Å². The van der Waals surface area contributed by atoms with E-state index < -0.39 is 9.84 Å². The Balaban J connectivity index is 1.54. The maximum atomic E-state index is 13.0. The third kappa shape index (κ3) is 5.53. The van der Waals surface area contributed by atoms with Crippen LogP contribution in [0.4, 0.5) is 10.1 Å². The van der Waals surface area contributed by atoms with Crippen molar-refractivity contribution in [2.45, 2.75) is 24.6 Å². The van der Waals surface area contributed by atoms with Crippen LogP contribution in [0.3, 0.4) is 0 Å². The average molecular weight is 390 g/mol. The number of nitrogens with zero attached hydrogens (tertiary/aromatic N) is 1. The molecule has 1 saturated heterocycles. The molecule has 144 valence electrons. The highest BCUT2D eigenvalue weighted by Gasteiger charge is 2.23. The summed E-state index contributed by atoms with van der Waals surface area (Å²) in [6, 6.07) is 13.3. The molecule has 1 fully saturated rings. The van der Waals surface area contributed by atoms with Crippen LogP contribution in [0.2, 0.25) is 0 Å². The zero-order chi connectivity index (χ0) is 19.4. The number of carbonyl (C=O) groups is 1. The number of nitrogens with one attached hydrogen (secondary N) is 1. The molecule has 0 atom stereocenters. The third-order valence-corrected chi connectivity index (χ3v) is 5.48. The minimum atomic E-state index is -3.09. The fraction of sp³-hybridized carbons (Fsp3) is 0.350. The number of amides is 1. The number of rotatable bonds is 5. The topological polar surface area (TPSA) is 66.5 Å². The fourth-order valence-electron chi connectivity index (χ4n) is 3.24. The van der Waals surface area contributed by atoms with E-state index in [2.05, 4.69) is 5.32 Å². The van der Waals surface area contributed by atoms with Crippen molar-refractivity contribution in [2.75, 3.05) is 24.7 Å². The second-order valence-corrected chi connectivity index (χ2v) is 9.12. The van der Waals surface area contributed by atoms with E-state index in [0.717, 1.165) is 18.5 Å². The molecule has 1 N–H and O–H groups in total. The maximum Gasteiger partial charge on any atom is 0.253 e. The van der Waals surface area contributed by atoms with Crippen molar-refractivity contribution in [1.82, 2.24) is 4.90 Å². The molecular formula is C20H23FN2O3S. The number of piperidine rings is 1. The largest absolute Gasteiger partial charge is 0.382 e. The lowest BCUT2D eigenvalue weighted by Crippen LogP contribution is -2.42. The van der Waals surface area contributed by atoms with Gasteiger partial charge in [0.1, 0.15) is 5.82 Å². The monoisotopic (exact) mass is 390 g/mol. The molecule has 1 aliphatic heterocycles. The molecule has 1 amide bonds. The van der Waals surface area contributed by atoms with E-state index >= 15 is 0 Å². The number of halogens is 1. The second-order valence-electron chi connectivity index (χ2n) is 6.98. The van der Waals surface area contributed by atoms with Crippen LogP contribution in [0.1, 0.15) is 28.8 Å². The molecule has 2 aromatic rings. The minimum Gasteiger partial charge on any atom is -0.382 e. The quantitative estimate of drug-likeness (QED) is 0.852. The van der Waals surface area contributed by atoms with Crippen molar-refractivity contribution >= 4 is 21.4 Å². The van der Waals surface area contributed by atoms with Gasteiger partial charge in [0.25, 0.3) is 5.91 Å². The van der Waals surface area contributed by atoms with Crippen LogP contribution in [0.15, 0.2) is 48.5 Å². The molecule has 0 saturated carbocycles. The van der Waals surface area contributed by atoms with E-state index in [-0.39, 0.29) is 23.5 Å². The highest BCUT2D eigenvalue weighted by atomic mass is 32.2. The third-order valence-electron chi connectivity index (χ3n) is 4.63. The van der Waals surface area contributed by atoms with E-state index in [0.29, 0.717) is 24.2 Å². The first kappa shape index (κ1) is 19.4. The number of likely N-dealkylation sites (tertiary alicyclic amines) is 1. The van der Waals surface area contributed by atoms with E-state index in [9.17, 15) is 17.6 Å². The molecule has 0 aromatic heterocycles. The molecule has 0 unspecified atom stereocenters. The minimum absolute atomic E-state index is 0.0259. The molecule has 2 aromatic carbocycles. The highest BCUT2D eigenvalue weighted by molar-refractivity contribution is 7.89. The molecule has 0 radical (unpaired) electrons. The van der Waals surface area contributed by atoms with Gasteiger partial charge in [0.05, 0.1) is 5.75 Å². The van der Waals surface area contributed by atoms with Gasteiger partial charge in [-0.3, -0.25) is 4.79 Å². The molecule has 0 aliphatic carbocycles. The first-order chi connectivity index (χ1) is 12.8. The Morgan fingerprint density at radius 1 is 1.07 bits per heavy atom. The fourth-order valence-corrected chi connectivity index (χ4v) is 4.04. The summed E-state index contributed by atoms with van der Waals surface area (Å²) >= 11 is 0. The Morgan fingerprint density at radius 3 is 2.22 bits per heavy atom. The average Bonchev–Trinajstić information content (AvgIpc) is 2.63. The first-order valence-corrected chi connectivity index (χ1v) is 10.9. The van der Waals surface area contributed by atoms with Crippen LogP contribution in [0, 0.1) is 5.82 Å². The zero-order valence-corrected chi connectivity index (χ0v) is 16.0. The predicted molar refractivity (Wildman–Crippen MR) is 104 cm³/mol. The predicted octanol–water partition coefficient (Wildman–Crippen LogP) is 3.09. The van der Waals surface area contributed by atoms with E-state index in [1.54, 1.807) is 36.4 Å². The van der Waals surface area contributed by atoms with Gasteiger partial charge in [-0.2, -0.15) is 0 Å². The molecule has 1 aliphatic rings. The molecule has 0 bridgehead atoms. The number of sulfone groups is 1. The van der Waals surface area contributed by atoms with Crippen molar-refractivity contribution in [3.63, 3.8) is 0 Å². The molecule has 5 nitrogen and oxygen atoms in total. The summed E-state index contributed by atoms with van der Waals surface area (Å²) in [5, 5.41) is 3.37. The number of benzene rings is 2. The summed E-state index contributed by atoms with van der Waals surface area (Å²) in [5.74, 6) is -0.327. The van der Waals surface area contributed by atoms with Gasteiger partial charge in [0.15, 0.2) is 9.84 Å². The molecule has 27 heavy (non-hydrogen) atoms. The molecule has 0 spiro atoms. The van der Waals surface area contributed by atoms with Crippen molar-refractivity contribution in [1.29, 1.82) is 0 Å². The summed E-state index contributed by atoms with van der Waals surface area (Å²) in [6.07, 6.45) is 2.82. The van der Waals surface area contributed by atoms with Gasteiger partial charge in [-0.15, -0.1) is 0 Å². The van der Waals surface area contributed by atoms with Crippen molar-refractivity contribution in [3.8, 4) is 0 Å². The lowest BCUT2D eigenvalue weighted by atomic mass is 10.0. The van der Waals surface area contributed by atoms with Gasteiger partial charge in [0, 0.05) is 36.6 Å². The first-order valence-electron chi connectivity index (χ1n) is 8.88. The summed E-state index contributed by atoms with van der Waals surface area (Å²) in [7, 11) is -3.09. The molecule has 1 heterocycles. The summed E-state index contributed by atoms with van der Waals surface area (Å²) < 4.78 is 35.7. The van der Waals surface area contributed by atoms with Crippen LogP contribution in [-0.4, -0.2) is 44.6 Å². The van der Waals surface area contributed by atoms with Gasteiger partial charge >= 0.3 is 0 Å². The normalized spacial score (nSPS) is 15.6. The molecular weight excluding hydrogens is 367 g/mol. The van der Waals surface area contributed by atoms with Gasteiger partial charge < -0.3 is 10.2 Å².